The van der Waals surface area contributed by atoms with E-state index in [1.54, 1.807) is 0 Å². The number of aryl methyl sites for hydroxylation is 1. The molecule has 76 valence electrons. The predicted octanol–water partition coefficient (Wildman–Crippen LogP) is 2.05. The molecule has 1 aliphatic rings. The molecule has 2 rings (SSSR count). The number of fused-ring (bicyclic) bond motifs is 1. The van der Waals surface area contributed by atoms with Gasteiger partial charge in [-0.2, -0.15) is 0 Å². The molecule has 1 aromatic rings. The van der Waals surface area contributed by atoms with Gasteiger partial charge in [-0.1, -0.05) is 34.1 Å². The summed E-state index contributed by atoms with van der Waals surface area (Å²) in [4.78, 5) is 0. The van der Waals surface area contributed by atoms with E-state index < -0.39 is 9.84 Å². The highest BCUT2D eigenvalue weighted by Crippen LogP contribution is 2.25. The lowest BCUT2D eigenvalue weighted by Gasteiger charge is -2.01. The van der Waals surface area contributed by atoms with Crippen LogP contribution in [0.1, 0.15) is 16.7 Å². The summed E-state index contributed by atoms with van der Waals surface area (Å²) >= 11 is 3.37. The molecule has 0 saturated heterocycles. The summed E-state index contributed by atoms with van der Waals surface area (Å²) < 4.78 is 22.7. The third-order valence-electron chi connectivity index (χ3n) is 2.40. The number of benzene rings is 1. The summed E-state index contributed by atoms with van der Waals surface area (Å²) in [6.45, 7) is 0. The zero-order valence-corrected chi connectivity index (χ0v) is 10.1. The number of hydrogen-bond acceptors (Lipinski definition) is 2. The van der Waals surface area contributed by atoms with Crippen LogP contribution in [0.5, 0.6) is 0 Å². The van der Waals surface area contributed by atoms with Crippen LogP contribution in [-0.4, -0.2) is 13.7 Å². The Kier molecular flexibility index (Phi) is 2.66. The number of halogens is 1. The number of alkyl halides is 1. The molecular weight excluding hydrogens is 264 g/mol. The van der Waals surface area contributed by atoms with Gasteiger partial charge < -0.3 is 0 Å². The average molecular weight is 275 g/mol. The maximum atomic E-state index is 11.3. The number of sulfone groups is 1. The fourth-order valence-electron chi connectivity index (χ4n) is 1.74. The Morgan fingerprint density at radius 3 is 2.64 bits per heavy atom. The molecule has 2 nitrogen and oxygen atoms in total. The molecule has 0 atom stereocenters. The van der Waals surface area contributed by atoms with Gasteiger partial charge >= 0.3 is 0 Å². The van der Waals surface area contributed by atoms with Crippen LogP contribution in [0.4, 0.5) is 0 Å². The van der Waals surface area contributed by atoms with Crippen molar-refractivity contribution in [3.05, 3.63) is 34.9 Å². The molecule has 1 aromatic carbocycles. The average Bonchev–Trinajstić information content (AvgIpc) is 2.38. The molecule has 1 heterocycles. The second kappa shape index (κ2) is 3.66. The topological polar surface area (TPSA) is 34.1 Å². The van der Waals surface area contributed by atoms with Crippen molar-refractivity contribution in [1.82, 2.24) is 0 Å². The molecule has 0 aromatic heterocycles. The van der Waals surface area contributed by atoms with Crippen LogP contribution in [0, 0.1) is 0 Å². The molecule has 0 radical (unpaired) electrons. The maximum absolute atomic E-state index is 11.3. The standard InChI is InChI=1S/C10H11BrO2S/c11-4-3-8-1-2-9-6-14(12,13)7-10(9)5-8/h1-2,5H,3-4,6-7H2. The van der Waals surface area contributed by atoms with E-state index in [0.29, 0.717) is 0 Å². The summed E-state index contributed by atoms with van der Waals surface area (Å²) in [6.07, 6.45) is 0.952. The zero-order chi connectivity index (χ0) is 10.2. The van der Waals surface area contributed by atoms with Gasteiger partial charge in [-0.15, -0.1) is 0 Å². The minimum atomic E-state index is -2.85. The molecule has 0 fully saturated rings. The van der Waals surface area contributed by atoms with E-state index in [1.807, 2.05) is 18.2 Å². The van der Waals surface area contributed by atoms with Crippen LogP contribution in [0.2, 0.25) is 0 Å². The zero-order valence-electron chi connectivity index (χ0n) is 7.66. The first kappa shape index (κ1) is 10.2. The monoisotopic (exact) mass is 274 g/mol. The van der Waals surface area contributed by atoms with Crippen molar-refractivity contribution in [2.45, 2.75) is 17.9 Å². The largest absolute Gasteiger partial charge is 0.228 e. The van der Waals surface area contributed by atoms with Crippen LogP contribution in [0.25, 0.3) is 0 Å². The van der Waals surface area contributed by atoms with Gasteiger partial charge in [0.15, 0.2) is 9.84 Å². The third-order valence-corrected chi connectivity index (χ3v) is 4.30. The van der Waals surface area contributed by atoms with E-state index in [1.165, 1.54) is 5.56 Å². The van der Waals surface area contributed by atoms with Crippen molar-refractivity contribution >= 4 is 25.8 Å². The van der Waals surface area contributed by atoms with Crippen LogP contribution in [-0.2, 0) is 27.8 Å². The number of hydrogen-bond donors (Lipinski definition) is 0. The van der Waals surface area contributed by atoms with Gasteiger partial charge in [-0.3, -0.25) is 0 Å². The quantitative estimate of drug-likeness (QED) is 0.774. The SMILES string of the molecule is O=S1(=O)Cc2ccc(CCBr)cc2C1. The van der Waals surface area contributed by atoms with Gasteiger partial charge in [0, 0.05) is 5.33 Å². The van der Waals surface area contributed by atoms with Crippen LogP contribution >= 0.6 is 15.9 Å². The van der Waals surface area contributed by atoms with Crippen molar-refractivity contribution in [2.75, 3.05) is 5.33 Å². The van der Waals surface area contributed by atoms with E-state index in [0.717, 1.165) is 22.9 Å². The fraction of sp³-hybridized carbons (Fsp3) is 0.400. The van der Waals surface area contributed by atoms with E-state index in [4.69, 9.17) is 0 Å². The first-order valence-corrected chi connectivity index (χ1v) is 7.42. The van der Waals surface area contributed by atoms with E-state index >= 15 is 0 Å². The molecule has 0 amide bonds. The predicted molar refractivity (Wildman–Crippen MR) is 60.3 cm³/mol. The second-order valence-electron chi connectivity index (χ2n) is 3.57. The van der Waals surface area contributed by atoms with Gasteiger partial charge in [0.2, 0.25) is 0 Å². The van der Waals surface area contributed by atoms with E-state index in [2.05, 4.69) is 15.9 Å². The summed E-state index contributed by atoms with van der Waals surface area (Å²) in [5.74, 6) is 0.440. The van der Waals surface area contributed by atoms with E-state index in [-0.39, 0.29) is 11.5 Å². The van der Waals surface area contributed by atoms with Gasteiger partial charge in [0.25, 0.3) is 0 Å². The Morgan fingerprint density at radius 2 is 1.93 bits per heavy atom. The Bertz CT molecular complexity index is 451. The van der Waals surface area contributed by atoms with Gasteiger partial charge in [0.1, 0.15) is 0 Å². The van der Waals surface area contributed by atoms with Crippen molar-refractivity contribution < 1.29 is 8.42 Å². The first-order valence-electron chi connectivity index (χ1n) is 4.48. The molecular formula is C10H11BrO2S. The highest BCUT2D eigenvalue weighted by molar-refractivity contribution is 9.09. The van der Waals surface area contributed by atoms with Gasteiger partial charge in [-0.25, -0.2) is 8.42 Å². The van der Waals surface area contributed by atoms with Crippen molar-refractivity contribution in [3.63, 3.8) is 0 Å². The molecule has 14 heavy (non-hydrogen) atoms. The maximum Gasteiger partial charge on any atom is 0.158 e. The van der Waals surface area contributed by atoms with Crippen LogP contribution in [0.15, 0.2) is 18.2 Å². The lowest BCUT2D eigenvalue weighted by atomic mass is 10.1. The Labute approximate surface area is 92.4 Å². The molecule has 4 heteroatoms. The molecule has 0 N–H and O–H groups in total. The first-order chi connectivity index (χ1) is 6.61. The minimum Gasteiger partial charge on any atom is -0.228 e. The highest BCUT2D eigenvalue weighted by atomic mass is 79.9. The Morgan fingerprint density at radius 1 is 1.21 bits per heavy atom. The molecule has 0 saturated carbocycles. The molecule has 0 bridgehead atoms. The molecule has 0 unspecified atom stereocenters. The summed E-state index contributed by atoms with van der Waals surface area (Å²) in [5.41, 5.74) is 3.17. The number of rotatable bonds is 2. The second-order valence-corrected chi connectivity index (χ2v) is 6.43. The fourth-order valence-corrected chi connectivity index (χ4v) is 3.80. The summed E-state index contributed by atoms with van der Waals surface area (Å²) in [5, 5.41) is 0.915. The Balaban J connectivity index is 2.35. The summed E-state index contributed by atoms with van der Waals surface area (Å²) in [7, 11) is -2.85. The van der Waals surface area contributed by atoms with Gasteiger partial charge in [-0.05, 0) is 23.1 Å². The normalized spacial score (nSPS) is 18.1. The summed E-state index contributed by atoms with van der Waals surface area (Å²) in [6, 6.07) is 5.97. The van der Waals surface area contributed by atoms with Crippen molar-refractivity contribution in [2.24, 2.45) is 0 Å². The van der Waals surface area contributed by atoms with E-state index in [9.17, 15) is 8.42 Å². The molecule has 1 aliphatic heterocycles. The minimum absolute atomic E-state index is 0.219. The van der Waals surface area contributed by atoms with Gasteiger partial charge in [0.05, 0.1) is 11.5 Å². The van der Waals surface area contributed by atoms with Crippen molar-refractivity contribution in [3.8, 4) is 0 Å². The lowest BCUT2D eigenvalue weighted by molar-refractivity contribution is 0.598. The molecule has 0 spiro atoms. The third kappa shape index (κ3) is 2.01. The molecule has 0 aliphatic carbocycles. The lowest BCUT2D eigenvalue weighted by Crippen LogP contribution is -1.95. The van der Waals surface area contributed by atoms with Crippen molar-refractivity contribution in [1.29, 1.82) is 0 Å². The highest BCUT2D eigenvalue weighted by Gasteiger charge is 2.24. The Hall–Kier alpha value is -0.350. The smallest absolute Gasteiger partial charge is 0.158 e. The van der Waals surface area contributed by atoms with Crippen LogP contribution in [0.3, 0.4) is 0 Å². The van der Waals surface area contributed by atoms with Crippen LogP contribution < -0.4 is 0 Å².